The summed E-state index contributed by atoms with van der Waals surface area (Å²) in [6, 6.07) is 8.96. The molecule has 2 heterocycles. The van der Waals surface area contributed by atoms with Crippen molar-refractivity contribution in [1.29, 1.82) is 0 Å². The first-order valence-electron chi connectivity index (χ1n) is 13.8. The van der Waals surface area contributed by atoms with Crippen molar-refractivity contribution in [3.63, 3.8) is 0 Å². The summed E-state index contributed by atoms with van der Waals surface area (Å²) in [5.41, 5.74) is 0.689. The summed E-state index contributed by atoms with van der Waals surface area (Å²) in [5, 5.41) is 12.1. The van der Waals surface area contributed by atoms with E-state index in [-0.39, 0.29) is 40.9 Å². The van der Waals surface area contributed by atoms with Crippen LogP contribution in [0.5, 0.6) is 0 Å². The number of nitrogens with one attached hydrogen (secondary N) is 1. The fourth-order valence-electron chi connectivity index (χ4n) is 5.00. The Morgan fingerprint density at radius 2 is 1.64 bits per heavy atom. The molecule has 2 N–H and O–H groups in total. The summed E-state index contributed by atoms with van der Waals surface area (Å²) < 4.78 is 106. The molecule has 0 radical (unpaired) electrons. The summed E-state index contributed by atoms with van der Waals surface area (Å²) in [7, 11) is -3.65. The third-order valence-electron chi connectivity index (χ3n) is 7.51. The highest BCUT2D eigenvalue weighted by atomic mass is 32.2. The SMILES string of the molecule is CCS(=O)(=O)c1ncc([C@H](CO)NC(=O)c2ccc(N3CC(c4ccc(C(F)(F)F)cc4)CC[C@H]3COC(F)(F)F)cc2)cn1. The number of halogens is 6. The lowest BCUT2D eigenvalue weighted by molar-refractivity contribution is -0.326. The smallest absolute Gasteiger partial charge is 0.394 e. The maximum atomic E-state index is 13.0. The summed E-state index contributed by atoms with van der Waals surface area (Å²) in [6.45, 7) is 0.421. The lowest BCUT2D eigenvalue weighted by Gasteiger charge is -2.41. The maximum absolute atomic E-state index is 13.0. The van der Waals surface area contributed by atoms with Crippen LogP contribution in [0.2, 0.25) is 0 Å². The second-order valence-corrected chi connectivity index (χ2v) is 12.6. The molecule has 0 bridgehead atoms. The van der Waals surface area contributed by atoms with Crippen molar-refractivity contribution in [2.45, 2.75) is 55.5 Å². The van der Waals surface area contributed by atoms with Gasteiger partial charge >= 0.3 is 12.5 Å². The highest BCUT2D eigenvalue weighted by Gasteiger charge is 2.36. The normalized spacial score (nSPS) is 18.4. The van der Waals surface area contributed by atoms with E-state index >= 15 is 0 Å². The Morgan fingerprint density at radius 3 is 2.18 bits per heavy atom. The number of rotatable bonds is 10. The maximum Gasteiger partial charge on any atom is 0.522 e. The van der Waals surface area contributed by atoms with E-state index in [4.69, 9.17) is 0 Å². The van der Waals surface area contributed by atoms with Gasteiger partial charge in [-0.3, -0.25) is 9.53 Å². The molecule has 1 aromatic heterocycles. The van der Waals surface area contributed by atoms with Crippen LogP contribution in [0, 0.1) is 0 Å². The minimum absolute atomic E-state index is 0.155. The summed E-state index contributed by atoms with van der Waals surface area (Å²) in [4.78, 5) is 22.3. The van der Waals surface area contributed by atoms with Gasteiger partial charge < -0.3 is 15.3 Å². The van der Waals surface area contributed by atoms with Gasteiger partial charge in [0.2, 0.25) is 15.0 Å². The first-order valence-corrected chi connectivity index (χ1v) is 15.5. The van der Waals surface area contributed by atoms with Gasteiger partial charge in [0.25, 0.3) is 5.91 Å². The van der Waals surface area contributed by atoms with Crippen molar-refractivity contribution in [3.05, 3.63) is 83.2 Å². The Morgan fingerprint density at radius 1 is 1.02 bits per heavy atom. The van der Waals surface area contributed by atoms with Gasteiger partial charge in [-0.05, 0) is 54.8 Å². The molecule has 1 aliphatic rings. The van der Waals surface area contributed by atoms with Crippen LogP contribution in [-0.2, 0) is 20.8 Å². The fourth-order valence-corrected chi connectivity index (χ4v) is 5.68. The molecule has 45 heavy (non-hydrogen) atoms. The number of carbonyl (C=O) groups excluding carboxylic acids is 1. The zero-order valence-electron chi connectivity index (χ0n) is 23.8. The van der Waals surface area contributed by atoms with Gasteiger partial charge in [-0.15, -0.1) is 13.2 Å². The molecule has 1 unspecified atom stereocenters. The standard InChI is InChI=1S/C29H30F6N4O5S/c1-2-45(42,43)27-36-13-21(14-37-27)25(16-40)38-26(41)19-5-10-23(11-6-19)39-15-20(7-12-24(39)17-44-29(33,34)35)18-3-8-22(9-4-18)28(30,31)32/h3-6,8-11,13-14,20,24-25,40H,2,7,12,15-17H2,1H3,(H,38,41)/t20?,24-,25-/m0/s1. The number of benzene rings is 2. The van der Waals surface area contributed by atoms with E-state index in [0.717, 1.165) is 12.1 Å². The van der Waals surface area contributed by atoms with Crippen LogP contribution in [0.3, 0.4) is 0 Å². The first-order chi connectivity index (χ1) is 21.1. The molecule has 1 fully saturated rings. The summed E-state index contributed by atoms with van der Waals surface area (Å²) in [6.07, 6.45) is -6.29. The first kappa shape index (κ1) is 34.1. The number of amides is 1. The number of carbonyl (C=O) groups is 1. The van der Waals surface area contributed by atoms with Crippen molar-refractivity contribution in [2.75, 3.05) is 30.4 Å². The van der Waals surface area contributed by atoms with E-state index < -0.39 is 59.1 Å². The van der Waals surface area contributed by atoms with Crippen LogP contribution < -0.4 is 10.2 Å². The molecule has 16 heteroatoms. The molecule has 0 spiro atoms. The number of nitrogens with zero attached hydrogens (tertiary/aromatic N) is 3. The largest absolute Gasteiger partial charge is 0.522 e. The minimum Gasteiger partial charge on any atom is -0.394 e. The minimum atomic E-state index is -4.85. The summed E-state index contributed by atoms with van der Waals surface area (Å²) in [5.74, 6) is -1.08. The average molecular weight is 661 g/mol. The van der Waals surface area contributed by atoms with Gasteiger partial charge in [-0.25, -0.2) is 18.4 Å². The van der Waals surface area contributed by atoms with Crippen LogP contribution in [0.1, 0.15) is 58.8 Å². The molecule has 1 saturated heterocycles. The van der Waals surface area contributed by atoms with Crippen molar-refractivity contribution >= 4 is 21.4 Å². The van der Waals surface area contributed by atoms with E-state index in [2.05, 4.69) is 20.0 Å². The number of piperidine rings is 1. The number of aromatic nitrogens is 2. The number of alkyl halides is 6. The van der Waals surface area contributed by atoms with Crippen LogP contribution in [-0.4, -0.2) is 67.3 Å². The van der Waals surface area contributed by atoms with E-state index in [9.17, 15) is 44.7 Å². The molecule has 3 aromatic rings. The monoisotopic (exact) mass is 660 g/mol. The van der Waals surface area contributed by atoms with Crippen LogP contribution in [0.4, 0.5) is 32.0 Å². The number of ether oxygens (including phenoxy) is 1. The number of anilines is 1. The molecule has 244 valence electrons. The molecular formula is C29H30F6N4O5S. The lowest BCUT2D eigenvalue weighted by Crippen LogP contribution is -2.46. The van der Waals surface area contributed by atoms with E-state index in [1.807, 2.05) is 0 Å². The van der Waals surface area contributed by atoms with Gasteiger partial charge in [0.15, 0.2) is 0 Å². The van der Waals surface area contributed by atoms with Crippen molar-refractivity contribution in [1.82, 2.24) is 15.3 Å². The third-order valence-corrected chi connectivity index (χ3v) is 9.04. The zero-order chi connectivity index (χ0) is 33.0. The molecule has 0 aliphatic carbocycles. The van der Waals surface area contributed by atoms with Crippen LogP contribution in [0.25, 0.3) is 0 Å². The van der Waals surface area contributed by atoms with Gasteiger partial charge in [0.1, 0.15) is 0 Å². The fraction of sp³-hybridized carbons (Fsp3) is 0.414. The Kier molecular flexibility index (Phi) is 10.4. The second-order valence-electron chi connectivity index (χ2n) is 10.4. The van der Waals surface area contributed by atoms with Crippen LogP contribution >= 0.6 is 0 Å². The molecule has 9 nitrogen and oxygen atoms in total. The number of aliphatic hydroxyl groups excluding tert-OH is 1. The topological polar surface area (TPSA) is 122 Å². The molecule has 1 aliphatic heterocycles. The summed E-state index contributed by atoms with van der Waals surface area (Å²) >= 11 is 0. The average Bonchev–Trinajstić information content (AvgIpc) is 3.02. The molecular weight excluding hydrogens is 630 g/mol. The highest BCUT2D eigenvalue weighted by molar-refractivity contribution is 7.91. The Bertz CT molecular complexity index is 1550. The third kappa shape index (κ3) is 8.70. The van der Waals surface area contributed by atoms with Gasteiger partial charge in [0, 0.05) is 41.7 Å². The van der Waals surface area contributed by atoms with Crippen molar-refractivity contribution < 1.29 is 49.4 Å². The molecule has 2 aromatic carbocycles. The number of hydrogen-bond acceptors (Lipinski definition) is 8. The van der Waals surface area contributed by atoms with Crippen molar-refractivity contribution in [2.24, 2.45) is 0 Å². The quantitative estimate of drug-likeness (QED) is 0.229. The zero-order valence-corrected chi connectivity index (χ0v) is 24.7. The predicted octanol–water partition coefficient (Wildman–Crippen LogP) is 5.04. The van der Waals surface area contributed by atoms with Gasteiger partial charge in [-0.2, -0.15) is 13.2 Å². The van der Waals surface area contributed by atoms with Crippen LogP contribution in [0.15, 0.2) is 66.1 Å². The van der Waals surface area contributed by atoms with Gasteiger partial charge in [0.05, 0.1) is 36.6 Å². The number of aliphatic hydroxyl groups is 1. The number of hydrogen-bond donors (Lipinski definition) is 2. The molecule has 1 amide bonds. The second kappa shape index (κ2) is 13.7. The Hall–Kier alpha value is -3.76. The van der Waals surface area contributed by atoms with Gasteiger partial charge in [-0.1, -0.05) is 19.1 Å². The predicted molar refractivity (Wildman–Crippen MR) is 150 cm³/mol. The Labute approximate surface area is 255 Å². The van der Waals surface area contributed by atoms with Crippen molar-refractivity contribution in [3.8, 4) is 0 Å². The van der Waals surface area contributed by atoms with E-state index in [1.54, 1.807) is 4.90 Å². The highest BCUT2D eigenvalue weighted by Crippen LogP contribution is 2.36. The Balaban J connectivity index is 1.50. The van der Waals surface area contributed by atoms with E-state index in [0.29, 0.717) is 17.7 Å². The molecule has 0 saturated carbocycles. The molecule has 4 rings (SSSR count). The number of sulfone groups is 1. The molecule has 3 atom stereocenters. The van der Waals surface area contributed by atoms with E-state index in [1.165, 1.54) is 55.7 Å². The lowest BCUT2D eigenvalue weighted by atomic mass is 9.86.